The van der Waals surface area contributed by atoms with Crippen LogP contribution in [0.25, 0.3) is 0 Å². The largest absolute Gasteiger partial charge is 0.394 e. The number of aliphatic hydroxyl groups is 13. The Morgan fingerprint density at radius 1 is 0.346 bits per heavy atom. The highest BCUT2D eigenvalue weighted by atomic mass is 16.8. The molecule has 5 saturated heterocycles. The summed E-state index contributed by atoms with van der Waals surface area (Å²) in [4.78, 5) is 0. The van der Waals surface area contributed by atoms with E-state index in [4.69, 9.17) is 42.6 Å². The smallest absolute Gasteiger partial charge is 0.187 e. The zero-order valence-electron chi connectivity index (χ0n) is 28.6. The Bertz CT molecular complexity index is 1140. The Morgan fingerprint density at radius 3 is 1.21 bits per heavy atom. The van der Waals surface area contributed by atoms with E-state index in [-0.39, 0.29) is 0 Å². The highest BCUT2D eigenvalue weighted by molar-refractivity contribution is 4.97. The molecular formula is C30H52O22. The zero-order chi connectivity index (χ0) is 38.5. The van der Waals surface area contributed by atoms with E-state index in [1.807, 2.05) is 0 Å². The van der Waals surface area contributed by atoms with Gasteiger partial charge in [0.25, 0.3) is 0 Å². The lowest BCUT2D eigenvalue weighted by Gasteiger charge is -2.49. The molecule has 0 aromatic rings. The first kappa shape index (κ1) is 42.3. The van der Waals surface area contributed by atoms with Crippen LogP contribution in [0.15, 0.2) is 0 Å². The molecule has 0 aromatic carbocycles. The monoisotopic (exact) mass is 764 g/mol. The summed E-state index contributed by atoms with van der Waals surface area (Å²) in [5.41, 5.74) is 0. The van der Waals surface area contributed by atoms with Crippen molar-refractivity contribution < 1.29 is 109 Å². The van der Waals surface area contributed by atoms with Crippen LogP contribution in [0.1, 0.15) is 27.7 Å². The van der Waals surface area contributed by atoms with Crippen LogP contribution < -0.4 is 0 Å². The van der Waals surface area contributed by atoms with Gasteiger partial charge in [0.05, 0.1) is 31.0 Å². The van der Waals surface area contributed by atoms with Gasteiger partial charge in [-0.3, -0.25) is 0 Å². The van der Waals surface area contributed by atoms with Gasteiger partial charge >= 0.3 is 0 Å². The predicted octanol–water partition coefficient (Wildman–Crippen LogP) is -7.81. The summed E-state index contributed by atoms with van der Waals surface area (Å²) in [6.45, 7) is 4.73. The van der Waals surface area contributed by atoms with E-state index in [0.717, 1.165) is 0 Å². The van der Waals surface area contributed by atoms with Crippen LogP contribution in [0.2, 0.25) is 0 Å². The second kappa shape index (κ2) is 17.1. The Labute approximate surface area is 297 Å². The first-order valence-corrected chi connectivity index (χ1v) is 17.0. The third kappa shape index (κ3) is 8.29. The molecule has 52 heavy (non-hydrogen) atoms. The maximum Gasteiger partial charge on any atom is 0.187 e. The molecule has 304 valence electrons. The van der Waals surface area contributed by atoms with Gasteiger partial charge in [0.2, 0.25) is 0 Å². The minimum atomic E-state index is -1.94. The molecular weight excluding hydrogens is 712 g/mol. The number of hydrogen-bond acceptors (Lipinski definition) is 22. The van der Waals surface area contributed by atoms with Crippen molar-refractivity contribution in [2.75, 3.05) is 6.61 Å². The van der Waals surface area contributed by atoms with Crippen LogP contribution >= 0.6 is 0 Å². The third-order valence-corrected chi connectivity index (χ3v) is 10.2. The quantitative estimate of drug-likeness (QED) is 0.104. The van der Waals surface area contributed by atoms with Crippen LogP contribution in [0.4, 0.5) is 0 Å². The SMILES string of the molecule is C[C@@H]1O[C@@H](O[C@H]2[C@H](O[C@H]3[C@H](O[C@@H]4[C@@H](O)[C@H](C)O[C@@H](O[C@@H]5[C@H](O)[C@@H](O)O[C@H](CO)[C@H]5O)[C@@H]4O)O[C@@H](C)[C@H](O)[C@H]3O)O[C@@H](C)[C@H](O)[C@H]2O)[C@H](O)[C@H](O)[C@H]1O. The highest BCUT2D eigenvalue weighted by Crippen LogP contribution is 2.36. The van der Waals surface area contributed by atoms with Gasteiger partial charge in [0.1, 0.15) is 97.7 Å². The lowest BCUT2D eigenvalue weighted by molar-refractivity contribution is -0.402. The molecule has 13 N–H and O–H groups in total. The topological polar surface area (TPSA) is 346 Å². The average molecular weight is 765 g/mol. The first-order chi connectivity index (χ1) is 24.4. The van der Waals surface area contributed by atoms with Crippen molar-refractivity contribution in [3.63, 3.8) is 0 Å². The second-order valence-corrected chi connectivity index (χ2v) is 13.9. The first-order valence-electron chi connectivity index (χ1n) is 17.0. The van der Waals surface area contributed by atoms with Crippen molar-refractivity contribution in [1.29, 1.82) is 0 Å². The average Bonchev–Trinajstić information content (AvgIpc) is 3.10. The fourth-order valence-corrected chi connectivity index (χ4v) is 6.76. The molecule has 0 aromatic heterocycles. The third-order valence-electron chi connectivity index (χ3n) is 10.2. The molecule has 0 amide bonds. The lowest BCUT2D eigenvalue weighted by Crippen LogP contribution is -2.67. The van der Waals surface area contributed by atoms with E-state index in [0.29, 0.717) is 0 Å². The molecule has 5 fully saturated rings. The van der Waals surface area contributed by atoms with Crippen molar-refractivity contribution in [3.8, 4) is 0 Å². The normalized spacial score (nSPS) is 56.4. The Morgan fingerprint density at radius 2 is 0.712 bits per heavy atom. The summed E-state index contributed by atoms with van der Waals surface area (Å²) in [5, 5.41) is 137. The van der Waals surface area contributed by atoms with Gasteiger partial charge in [0, 0.05) is 0 Å². The maximum absolute atomic E-state index is 11.3. The molecule has 22 nitrogen and oxygen atoms in total. The van der Waals surface area contributed by atoms with E-state index in [9.17, 15) is 66.4 Å². The number of ether oxygens (including phenoxy) is 9. The molecule has 0 spiro atoms. The van der Waals surface area contributed by atoms with Gasteiger partial charge in [-0.05, 0) is 27.7 Å². The summed E-state index contributed by atoms with van der Waals surface area (Å²) >= 11 is 0. The maximum atomic E-state index is 11.3. The standard InChI is InChI=1S/C30H52O22/c1-6-11(32)16(37)19(40)27(44-6)51-24-17(38)12(33)8(3)47-30(24)52-25-18(39)13(34)7(2)46-29(25)50-22-14(35)9(4)45-28(21(22)42)49-23-15(36)10(5-31)48-26(43)20(23)41/h6-43H,5H2,1-4H3/t6-,7-,8-,9-,10+,11-,12-,13-,14-,15+,16+,17+,18+,19+,20-,21+,22+,23-,24+,25+,26-,27-,28-,29-,30-/m0/s1. The van der Waals surface area contributed by atoms with Crippen LogP contribution in [0.3, 0.4) is 0 Å². The predicted molar refractivity (Wildman–Crippen MR) is 161 cm³/mol. The van der Waals surface area contributed by atoms with Gasteiger partial charge in [-0.2, -0.15) is 0 Å². The number of rotatable bonds is 9. The Balaban J connectivity index is 1.37. The fraction of sp³-hybridized carbons (Fsp3) is 1.00. The molecule has 22 heteroatoms. The van der Waals surface area contributed by atoms with Crippen molar-refractivity contribution in [2.24, 2.45) is 0 Å². The fourth-order valence-electron chi connectivity index (χ4n) is 6.76. The lowest BCUT2D eigenvalue weighted by atomic mass is 9.96. The van der Waals surface area contributed by atoms with Crippen molar-refractivity contribution in [3.05, 3.63) is 0 Å². The van der Waals surface area contributed by atoms with Crippen LogP contribution in [0.5, 0.6) is 0 Å². The zero-order valence-corrected chi connectivity index (χ0v) is 28.6. The van der Waals surface area contributed by atoms with Gasteiger partial charge in [-0.1, -0.05) is 0 Å². The molecule has 0 bridgehead atoms. The summed E-state index contributed by atoms with van der Waals surface area (Å²) in [6, 6.07) is 0. The van der Waals surface area contributed by atoms with E-state index in [1.165, 1.54) is 27.7 Å². The molecule has 5 heterocycles. The molecule has 0 saturated carbocycles. The number of aliphatic hydroxyl groups excluding tert-OH is 13. The molecule has 5 aliphatic heterocycles. The Kier molecular flexibility index (Phi) is 13.9. The number of hydrogen-bond donors (Lipinski definition) is 13. The van der Waals surface area contributed by atoms with Gasteiger partial charge in [-0.25, -0.2) is 0 Å². The minimum absolute atomic E-state index is 0.768. The second-order valence-electron chi connectivity index (χ2n) is 13.9. The van der Waals surface area contributed by atoms with Crippen molar-refractivity contribution in [1.82, 2.24) is 0 Å². The molecule has 0 radical (unpaired) electrons. The van der Waals surface area contributed by atoms with E-state index in [1.54, 1.807) is 0 Å². The van der Waals surface area contributed by atoms with E-state index in [2.05, 4.69) is 0 Å². The molecule has 5 aliphatic rings. The highest BCUT2D eigenvalue weighted by Gasteiger charge is 2.56. The van der Waals surface area contributed by atoms with Crippen LogP contribution in [-0.4, -0.2) is 227 Å². The molecule has 5 rings (SSSR count). The van der Waals surface area contributed by atoms with Crippen LogP contribution in [-0.2, 0) is 42.6 Å². The van der Waals surface area contributed by atoms with Crippen molar-refractivity contribution >= 4 is 0 Å². The van der Waals surface area contributed by atoms with Gasteiger partial charge in [-0.15, -0.1) is 0 Å². The summed E-state index contributed by atoms with van der Waals surface area (Å²) in [7, 11) is 0. The van der Waals surface area contributed by atoms with Crippen molar-refractivity contribution in [2.45, 2.75) is 181 Å². The molecule has 25 atom stereocenters. The van der Waals surface area contributed by atoms with Gasteiger partial charge < -0.3 is 109 Å². The minimum Gasteiger partial charge on any atom is -0.394 e. The van der Waals surface area contributed by atoms with Crippen LogP contribution in [0, 0.1) is 0 Å². The summed E-state index contributed by atoms with van der Waals surface area (Å²) in [6.07, 6.45) is -40.7. The summed E-state index contributed by atoms with van der Waals surface area (Å²) in [5.74, 6) is 0. The Hall–Kier alpha value is -0.880. The van der Waals surface area contributed by atoms with Gasteiger partial charge in [0.15, 0.2) is 31.5 Å². The molecule has 0 unspecified atom stereocenters. The summed E-state index contributed by atoms with van der Waals surface area (Å²) < 4.78 is 50.9. The van der Waals surface area contributed by atoms with E-state index >= 15 is 0 Å². The molecule has 0 aliphatic carbocycles. The van der Waals surface area contributed by atoms with E-state index < -0.39 is 160 Å².